The highest BCUT2D eigenvalue weighted by atomic mass is 35.5. The Balaban J connectivity index is 0.00000200. The molecular weight excluding hydrogens is 276 g/mol. The van der Waals surface area contributed by atoms with E-state index in [0.29, 0.717) is 6.54 Å². The van der Waals surface area contributed by atoms with Crippen molar-refractivity contribution in [1.82, 2.24) is 5.32 Å². The van der Waals surface area contributed by atoms with Gasteiger partial charge in [0, 0.05) is 19.1 Å². The molecule has 1 aliphatic rings. The summed E-state index contributed by atoms with van der Waals surface area (Å²) in [5, 5.41) is 2.95. The molecule has 5 heteroatoms. The first kappa shape index (κ1) is 17.0. The monoisotopic (exact) mass is 298 g/mol. The van der Waals surface area contributed by atoms with Crippen LogP contribution in [-0.4, -0.2) is 32.2 Å². The summed E-state index contributed by atoms with van der Waals surface area (Å²) in [6, 6.07) is 7.79. The largest absolute Gasteiger partial charge is 0.383 e. The van der Waals surface area contributed by atoms with Crippen LogP contribution in [-0.2, 0) is 14.9 Å². The van der Waals surface area contributed by atoms with Crippen molar-refractivity contribution in [2.45, 2.75) is 31.2 Å². The molecule has 1 saturated carbocycles. The number of halogens is 1. The first-order valence-corrected chi connectivity index (χ1v) is 6.67. The van der Waals surface area contributed by atoms with E-state index in [1.54, 1.807) is 7.11 Å². The standard InChI is InChI=1S/C15H22N2O2.ClH/c1-11-5-3-4-6-12(11)15(7-8-15)10-17-14(18)13(16)9-19-2;/h3-6,13H,7-10,16H2,1-2H3,(H,17,18);1H. The number of aryl methyl sites for hydroxylation is 1. The smallest absolute Gasteiger partial charge is 0.239 e. The summed E-state index contributed by atoms with van der Waals surface area (Å²) < 4.78 is 4.89. The maximum atomic E-state index is 11.8. The molecule has 1 amide bonds. The fraction of sp³-hybridized carbons (Fsp3) is 0.533. The van der Waals surface area contributed by atoms with Gasteiger partial charge in [0.05, 0.1) is 6.61 Å². The second kappa shape index (κ2) is 7.07. The number of benzene rings is 1. The van der Waals surface area contributed by atoms with Crippen molar-refractivity contribution < 1.29 is 9.53 Å². The van der Waals surface area contributed by atoms with Gasteiger partial charge in [-0.25, -0.2) is 0 Å². The summed E-state index contributed by atoms with van der Waals surface area (Å²) >= 11 is 0. The molecule has 0 aromatic heterocycles. The number of carbonyl (C=O) groups excluding carboxylic acids is 1. The molecule has 2 rings (SSSR count). The minimum Gasteiger partial charge on any atom is -0.383 e. The number of ether oxygens (including phenoxy) is 1. The minimum atomic E-state index is -0.585. The Labute approximate surface area is 126 Å². The molecule has 0 radical (unpaired) electrons. The van der Waals surface area contributed by atoms with Gasteiger partial charge in [0.2, 0.25) is 5.91 Å². The predicted octanol–water partition coefficient (Wildman–Crippen LogP) is 1.54. The molecular formula is C15H23ClN2O2. The third kappa shape index (κ3) is 3.72. The zero-order valence-electron chi connectivity index (χ0n) is 12.0. The topological polar surface area (TPSA) is 64.3 Å². The fourth-order valence-electron chi connectivity index (χ4n) is 2.50. The van der Waals surface area contributed by atoms with Crippen molar-refractivity contribution in [3.8, 4) is 0 Å². The van der Waals surface area contributed by atoms with Gasteiger partial charge >= 0.3 is 0 Å². The van der Waals surface area contributed by atoms with Crippen LogP contribution >= 0.6 is 12.4 Å². The van der Waals surface area contributed by atoms with Crippen LogP contribution in [0.1, 0.15) is 24.0 Å². The van der Waals surface area contributed by atoms with Gasteiger partial charge < -0.3 is 15.8 Å². The lowest BCUT2D eigenvalue weighted by atomic mass is 9.92. The Hall–Kier alpha value is -1.10. The lowest BCUT2D eigenvalue weighted by Gasteiger charge is -2.20. The number of nitrogens with one attached hydrogen (secondary N) is 1. The molecule has 20 heavy (non-hydrogen) atoms. The fourth-order valence-corrected chi connectivity index (χ4v) is 2.50. The van der Waals surface area contributed by atoms with Crippen molar-refractivity contribution in [2.24, 2.45) is 5.73 Å². The van der Waals surface area contributed by atoms with Crippen LogP contribution in [0.2, 0.25) is 0 Å². The molecule has 1 fully saturated rings. The van der Waals surface area contributed by atoms with Crippen molar-refractivity contribution in [3.05, 3.63) is 35.4 Å². The van der Waals surface area contributed by atoms with E-state index in [1.165, 1.54) is 11.1 Å². The highest BCUT2D eigenvalue weighted by molar-refractivity contribution is 5.85. The van der Waals surface area contributed by atoms with E-state index in [9.17, 15) is 4.79 Å². The summed E-state index contributed by atoms with van der Waals surface area (Å²) in [6.07, 6.45) is 2.25. The molecule has 0 aliphatic heterocycles. The van der Waals surface area contributed by atoms with Gasteiger partial charge in [-0.2, -0.15) is 0 Å². The zero-order valence-corrected chi connectivity index (χ0v) is 12.8. The molecule has 1 aromatic carbocycles. The molecule has 112 valence electrons. The molecule has 4 nitrogen and oxygen atoms in total. The Bertz CT molecular complexity index is 461. The Kier molecular flexibility index (Phi) is 5.99. The van der Waals surface area contributed by atoms with E-state index in [0.717, 1.165) is 12.8 Å². The molecule has 0 bridgehead atoms. The summed E-state index contributed by atoms with van der Waals surface area (Å²) in [5.41, 5.74) is 8.46. The molecule has 1 atom stereocenters. The number of hydrogen-bond donors (Lipinski definition) is 2. The van der Waals surface area contributed by atoms with Crippen LogP contribution < -0.4 is 11.1 Å². The molecule has 1 aromatic rings. The normalized spacial score (nSPS) is 16.9. The van der Waals surface area contributed by atoms with Crippen LogP contribution in [0.15, 0.2) is 24.3 Å². The van der Waals surface area contributed by atoms with Gasteiger partial charge in [-0.05, 0) is 30.9 Å². The highest BCUT2D eigenvalue weighted by Crippen LogP contribution is 2.48. The SMILES string of the molecule is COCC(N)C(=O)NCC1(c2ccccc2C)CC1.Cl. The second-order valence-electron chi connectivity index (χ2n) is 5.37. The maximum absolute atomic E-state index is 11.8. The van der Waals surface area contributed by atoms with E-state index < -0.39 is 6.04 Å². The average Bonchev–Trinajstić information content (AvgIpc) is 3.18. The summed E-state index contributed by atoms with van der Waals surface area (Å²) in [7, 11) is 1.54. The Morgan fingerprint density at radius 3 is 2.65 bits per heavy atom. The van der Waals surface area contributed by atoms with E-state index >= 15 is 0 Å². The van der Waals surface area contributed by atoms with Gasteiger partial charge in [0.25, 0.3) is 0 Å². The summed E-state index contributed by atoms with van der Waals surface area (Å²) in [4.78, 5) is 11.8. The van der Waals surface area contributed by atoms with Gasteiger partial charge in [-0.1, -0.05) is 24.3 Å². The number of hydrogen-bond acceptors (Lipinski definition) is 3. The number of amides is 1. The molecule has 0 heterocycles. The zero-order chi connectivity index (χ0) is 13.9. The molecule has 0 spiro atoms. The van der Waals surface area contributed by atoms with Crippen LogP contribution in [0.5, 0.6) is 0 Å². The van der Waals surface area contributed by atoms with Crippen molar-refractivity contribution in [3.63, 3.8) is 0 Å². The van der Waals surface area contributed by atoms with Crippen LogP contribution in [0.25, 0.3) is 0 Å². The van der Waals surface area contributed by atoms with E-state index in [4.69, 9.17) is 10.5 Å². The highest BCUT2D eigenvalue weighted by Gasteiger charge is 2.45. The Morgan fingerprint density at radius 1 is 1.45 bits per heavy atom. The third-order valence-electron chi connectivity index (χ3n) is 3.85. The van der Waals surface area contributed by atoms with Crippen LogP contribution in [0.4, 0.5) is 0 Å². The first-order chi connectivity index (χ1) is 9.09. The second-order valence-corrected chi connectivity index (χ2v) is 5.37. The number of carbonyl (C=O) groups is 1. The van der Waals surface area contributed by atoms with E-state index in [2.05, 4.69) is 30.4 Å². The van der Waals surface area contributed by atoms with Gasteiger partial charge in [-0.3, -0.25) is 4.79 Å². The van der Waals surface area contributed by atoms with Crippen molar-refractivity contribution >= 4 is 18.3 Å². The van der Waals surface area contributed by atoms with E-state index in [-0.39, 0.29) is 30.3 Å². The molecule has 0 saturated heterocycles. The number of nitrogens with two attached hydrogens (primary N) is 1. The number of methoxy groups -OCH3 is 1. The van der Waals surface area contributed by atoms with Crippen LogP contribution in [0, 0.1) is 6.92 Å². The minimum absolute atomic E-state index is 0. The predicted molar refractivity (Wildman–Crippen MR) is 82.2 cm³/mol. The number of rotatable bonds is 6. The summed E-state index contributed by atoms with van der Waals surface area (Å²) in [5.74, 6) is -0.137. The van der Waals surface area contributed by atoms with Crippen molar-refractivity contribution in [1.29, 1.82) is 0 Å². The third-order valence-corrected chi connectivity index (χ3v) is 3.85. The van der Waals surface area contributed by atoms with Crippen LogP contribution in [0.3, 0.4) is 0 Å². The van der Waals surface area contributed by atoms with Crippen molar-refractivity contribution in [2.75, 3.05) is 20.3 Å². The quantitative estimate of drug-likeness (QED) is 0.837. The maximum Gasteiger partial charge on any atom is 0.239 e. The van der Waals surface area contributed by atoms with Gasteiger partial charge in [0.1, 0.15) is 6.04 Å². The summed E-state index contributed by atoms with van der Waals surface area (Å²) in [6.45, 7) is 3.03. The molecule has 3 N–H and O–H groups in total. The van der Waals surface area contributed by atoms with E-state index in [1.807, 2.05) is 6.07 Å². The lowest BCUT2D eigenvalue weighted by molar-refractivity contribution is -0.123. The van der Waals surface area contributed by atoms with Gasteiger partial charge in [-0.15, -0.1) is 12.4 Å². The van der Waals surface area contributed by atoms with Gasteiger partial charge in [0.15, 0.2) is 0 Å². The average molecular weight is 299 g/mol. The Morgan fingerprint density at radius 2 is 2.10 bits per heavy atom. The first-order valence-electron chi connectivity index (χ1n) is 6.67. The lowest BCUT2D eigenvalue weighted by Crippen LogP contribution is -2.45. The molecule has 1 aliphatic carbocycles. The molecule has 1 unspecified atom stereocenters.